The van der Waals surface area contributed by atoms with Crippen LogP contribution in [0.15, 0.2) is 48.5 Å². The van der Waals surface area contributed by atoms with Crippen LogP contribution in [0.5, 0.6) is 0 Å². The number of carbonyl (C=O) groups excluding carboxylic acids is 3. The summed E-state index contributed by atoms with van der Waals surface area (Å²) >= 11 is 5.88. The molecule has 0 radical (unpaired) electrons. The summed E-state index contributed by atoms with van der Waals surface area (Å²) in [5, 5.41) is 6.03. The van der Waals surface area contributed by atoms with Gasteiger partial charge in [0.1, 0.15) is 0 Å². The van der Waals surface area contributed by atoms with Crippen molar-refractivity contribution in [2.75, 3.05) is 30.8 Å². The molecule has 0 aromatic heterocycles. The van der Waals surface area contributed by atoms with E-state index in [2.05, 4.69) is 10.6 Å². The molecule has 0 bridgehead atoms. The molecule has 0 fully saturated rings. The molecule has 0 aliphatic rings. The van der Waals surface area contributed by atoms with Gasteiger partial charge in [-0.05, 0) is 49.5 Å². The van der Waals surface area contributed by atoms with Crippen LogP contribution in [0.3, 0.4) is 0 Å². The molecule has 0 aliphatic carbocycles. The maximum absolute atomic E-state index is 12.0. The highest BCUT2D eigenvalue weighted by Crippen LogP contribution is 2.14. The molecule has 0 saturated heterocycles. The number of nitrogens with two attached hydrogens (primary N) is 1. The molecule has 4 N–H and O–H groups in total. The van der Waals surface area contributed by atoms with E-state index in [1.54, 1.807) is 60.5 Å². The molecular formula is C19H21ClN4O3. The van der Waals surface area contributed by atoms with Crippen LogP contribution in [0.2, 0.25) is 5.02 Å². The van der Waals surface area contributed by atoms with Gasteiger partial charge in [-0.25, -0.2) is 0 Å². The average Bonchev–Trinajstić information content (AvgIpc) is 2.60. The number of hydrogen-bond acceptors (Lipinski definition) is 4. The Bertz CT molecular complexity index is 824. The Hall–Kier alpha value is -2.90. The van der Waals surface area contributed by atoms with Gasteiger partial charge < -0.3 is 16.4 Å². The van der Waals surface area contributed by atoms with E-state index in [-0.39, 0.29) is 24.8 Å². The van der Waals surface area contributed by atoms with Gasteiger partial charge in [-0.1, -0.05) is 17.7 Å². The van der Waals surface area contributed by atoms with Crippen LogP contribution in [0.4, 0.5) is 11.4 Å². The number of carbonyl (C=O) groups is 3. The van der Waals surface area contributed by atoms with Gasteiger partial charge in [0.25, 0.3) is 0 Å². The largest absolute Gasteiger partial charge is 0.366 e. The summed E-state index contributed by atoms with van der Waals surface area (Å²) in [7, 11) is 1.76. The van der Waals surface area contributed by atoms with Crippen LogP contribution >= 0.6 is 11.6 Å². The predicted octanol–water partition coefficient (Wildman–Crippen LogP) is 2.34. The molecule has 8 heteroatoms. The predicted molar refractivity (Wildman–Crippen MR) is 106 cm³/mol. The standard InChI is InChI=1S/C19H21ClN4O3/c1-24(12-18(26)23-16-4-2-3-14(20)11-16)10-9-17(25)22-15-7-5-13(6-8-15)19(21)27/h2-8,11H,9-10,12H2,1H3,(H2,21,27)(H,22,25)(H,23,26). The monoisotopic (exact) mass is 388 g/mol. The number of benzene rings is 2. The minimum absolute atomic E-state index is 0.146. The van der Waals surface area contributed by atoms with Crippen LogP contribution in [-0.4, -0.2) is 42.8 Å². The van der Waals surface area contributed by atoms with Crippen LogP contribution in [-0.2, 0) is 9.59 Å². The van der Waals surface area contributed by atoms with Crippen LogP contribution < -0.4 is 16.4 Å². The van der Waals surface area contributed by atoms with Crippen molar-refractivity contribution in [2.24, 2.45) is 5.73 Å². The van der Waals surface area contributed by atoms with E-state index in [0.717, 1.165) is 0 Å². The summed E-state index contributed by atoms with van der Waals surface area (Å²) in [5.41, 5.74) is 6.74. The number of rotatable bonds is 8. The van der Waals surface area contributed by atoms with Crippen molar-refractivity contribution in [1.29, 1.82) is 0 Å². The molecule has 0 spiro atoms. The van der Waals surface area contributed by atoms with E-state index in [1.165, 1.54) is 0 Å². The van der Waals surface area contributed by atoms with E-state index in [1.807, 2.05) is 0 Å². The third-order valence-electron chi connectivity index (χ3n) is 3.70. The van der Waals surface area contributed by atoms with Gasteiger partial charge in [0.05, 0.1) is 6.54 Å². The lowest BCUT2D eigenvalue weighted by atomic mass is 10.2. The molecule has 3 amide bonds. The molecule has 7 nitrogen and oxygen atoms in total. The van der Waals surface area contributed by atoms with Gasteiger partial charge in [-0.3, -0.25) is 19.3 Å². The highest BCUT2D eigenvalue weighted by Gasteiger charge is 2.10. The summed E-state index contributed by atoms with van der Waals surface area (Å²) in [5.74, 6) is -0.906. The Kier molecular flexibility index (Phi) is 7.34. The summed E-state index contributed by atoms with van der Waals surface area (Å²) in [6, 6.07) is 13.2. The molecule has 2 aromatic rings. The Morgan fingerprint density at radius 3 is 2.30 bits per heavy atom. The second-order valence-electron chi connectivity index (χ2n) is 6.04. The van der Waals surface area contributed by atoms with Crippen LogP contribution in [0.1, 0.15) is 16.8 Å². The number of nitrogens with one attached hydrogen (secondary N) is 2. The lowest BCUT2D eigenvalue weighted by Crippen LogP contribution is -2.32. The van der Waals surface area contributed by atoms with Crippen LogP contribution in [0.25, 0.3) is 0 Å². The zero-order valence-electron chi connectivity index (χ0n) is 14.9. The Labute approximate surface area is 162 Å². The van der Waals surface area contributed by atoms with Crippen molar-refractivity contribution >= 4 is 40.7 Å². The zero-order valence-corrected chi connectivity index (χ0v) is 15.6. The first-order valence-electron chi connectivity index (χ1n) is 8.27. The van der Waals surface area contributed by atoms with Gasteiger partial charge in [0.2, 0.25) is 17.7 Å². The molecule has 0 heterocycles. The van der Waals surface area contributed by atoms with Crippen molar-refractivity contribution in [2.45, 2.75) is 6.42 Å². The second kappa shape index (κ2) is 9.70. The van der Waals surface area contributed by atoms with Crippen molar-refractivity contribution in [3.63, 3.8) is 0 Å². The van der Waals surface area contributed by atoms with Gasteiger partial charge in [-0.2, -0.15) is 0 Å². The average molecular weight is 389 g/mol. The summed E-state index contributed by atoms with van der Waals surface area (Å²) in [6.07, 6.45) is 0.221. The molecule has 0 unspecified atom stereocenters. The minimum Gasteiger partial charge on any atom is -0.366 e. The number of anilines is 2. The second-order valence-corrected chi connectivity index (χ2v) is 6.47. The fourth-order valence-corrected chi connectivity index (χ4v) is 2.51. The number of likely N-dealkylation sites (N-methyl/N-ethyl adjacent to an activating group) is 1. The first-order valence-corrected chi connectivity index (χ1v) is 8.65. The number of amides is 3. The molecule has 0 aliphatic heterocycles. The highest BCUT2D eigenvalue weighted by molar-refractivity contribution is 6.30. The third-order valence-corrected chi connectivity index (χ3v) is 3.93. The maximum Gasteiger partial charge on any atom is 0.248 e. The fourth-order valence-electron chi connectivity index (χ4n) is 2.32. The first kappa shape index (κ1) is 20.4. The number of primary amides is 1. The van der Waals surface area contributed by atoms with Gasteiger partial charge in [0.15, 0.2) is 0 Å². The normalized spacial score (nSPS) is 10.5. The maximum atomic E-state index is 12.0. The fraction of sp³-hybridized carbons (Fsp3) is 0.211. The summed E-state index contributed by atoms with van der Waals surface area (Å²) in [4.78, 5) is 36.8. The molecule has 0 atom stereocenters. The quantitative estimate of drug-likeness (QED) is 0.645. The molecule has 27 heavy (non-hydrogen) atoms. The minimum atomic E-state index is -0.523. The highest BCUT2D eigenvalue weighted by atomic mass is 35.5. The van der Waals surface area contributed by atoms with E-state index >= 15 is 0 Å². The Morgan fingerprint density at radius 2 is 1.67 bits per heavy atom. The molecule has 2 aromatic carbocycles. The molecular weight excluding hydrogens is 368 g/mol. The van der Waals surface area contributed by atoms with E-state index in [0.29, 0.717) is 28.5 Å². The van der Waals surface area contributed by atoms with Crippen molar-refractivity contribution in [1.82, 2.24) is 4.90 Å². The van der Waals surface area contributed by atoms with E-state index in [9.17, 15) is 14.4 Å². The first-order chi connectivity index (χ1) is 12.8. The van der Waals surface area contributed by atoms with Crippen molar-refractivity contribution in [3.05, 3.63) is 59.1 Å². The summed E-state index contributed by atoms with van der Waals surface area (Å²) < 4.78 is 0. The van der Waals surface area contributed by atoms with Gasteiger partial charge >= 0.3 is 0 Å². The number of nitrogens with zero attached hydrogens (tertiary/aromatic N) is 1. The van der Waals surface area contributed by atoms with E-state index < -0.39 is 5.91 Å². The number of halogens is 1. The lowest BCUT2D eigenvalue weighted by Gasteiger charge is -2.16. The zero-order chi connectivity index (χ0) is 19.8. The third kappa shape index (κ3) is 7.08. The topological polar surface area (TPSA) is 105 Å². The van der Waals surface area contributed by atoms with Crippen molar-refractivity contribution in [3.8, 4) is 0 Å². The van der Waals surface area contributed by atoms with Crippen LogP contribution in [0, 0.1) is 0 Å². The molecule has 142 valence electrons. The van der Waals surface area contributed by atoms with E-state index in [4.69, 9.17) is 17.3 Å². The SMILES string of the molecule is CN(CCC(=O)Nc1ccc(C(N)=O)cc1)CC(=O)Nc1cccc(Cl)c1. The van der Waals surface area contributed by atoms with Crippen molar-refractivity contribution < 1.29 is 14.4 Å². The summed E-state index contributed by atoms with van der Waals surface area (Å²) in [6.45, 7) is 0.557. The van der Waals surface area contributed by atoms with Gasteiger partial charge in [0, 0.05) is 34.9 Å². The lowest BCUT2D eigenvalue weighted by molar-refractivity contribution is -0.119. The Morgan fingerprint density at radius 1 is 1.00 bits per heavy atom. The van der Waals surface area contributed by atoms with Gasteiger partial charge in [-0.15, -0.1) is 0 Å². The number of hydrogen-bond donors (Lipinski definition) is 3. The smallest absolute Gasteiger partial charge is 0.248 e. The molecule has 0 saturated carbocycles. The Balaban J connectivity index is 1.74. The molecule has 2 rings (SSSR count).